The Balaban J connectivity index is 2.14. The standard InChI is InChI=1S/C18H9N6O16P/c25-19(26)13-4-1-10(7-16(13)22(31)32)38-41(37,39-11-2-5-14(20(27)28)17(8-11)23(33)34)40-12-3-6-15(21(29)30)18(9-12)24(35)36/h1-9H. The van der Waals surface area contributed by atoms with E-state index in [0.29, 0.717) is 36.4 Å². The number of nitrogens with zero attached hydrogens (tertiary/aromatic N) is 6. The number of rotatable bonds is 12. The maximum Gasteiger partial charge on any atom is 0.647 e. The molecular weight excluding hydrogens is 587 g/mol. The molecule has 41 heavy (non-hydrogen) atoms. The van der Waals surface area contributed by atoms with Crippen molar-refractivity contribution in [1.82, 2.24) is 0 Å². The van der Waals surface area contributed by atoms with Gasteiger partial charge in [-0.15, -0.1) is 0 Å². The summed E-state index contributed by atoms with van der Waals surface area (Å²) in [6, 6.07) is 5.25. The number of phosphoric acid groups is 1. The van der Waals surface area contributed by atoms with E-state index in [1.165, 1.54) is 0 Å². The van der Waals surface area contributed by atoms with E-state index in [1.54, 1.807) is 0 Å². The lowest BCUT2D eigenvalue weighted by molar-refractivity contribution is -0.422. The molecule has 3 rings (SSSR count). The molecule has 0 N–H and O–H groups in total. The van der Waals surface area contributed by atoms with E-state index < -0.39 is 88.7 Å². The van der Waals surface area contributed by atoms with Gasteiger partial charge in [-0.1, -0.05) is 0 Å². The fourth-order valence-electron chi connectivity index (χ4n) is 3.03. The summed E-state index contributed by atoms with van der Waals surface area (Å²) in [6.45, 7) is 0. The van der Waals surface area contributed by atoms with E-state index in [1.807, 2.05) is 0 Å². The van der Waals surface area contributed by atoms with Crippen LogP contribution in [0.15, 0.2) is 54.6 Å². The SMILES string of the molecule is O=[N+]([O-])c1ccc(OP(=O)(Oc2ccc([N+](=O)[O-])c([N+](=O)[O-])c2)Oc2ccc([N+](=O)[O-])c([N+](=O)[O-])c2)cc1[N+](=O)[O-]. The molecule has 3 aromatic carbocycles. The maximum absolute atomic E-state index is 13.6. The van der Waals surface area contributed by atoms with Crippen LogP contribution < -0.4 is 13.6 Å². The Morgan fingerprint density at radius 2 is 0.634 bits per heavy atom. The molecule has 0 bridgehead atoms. The minimum Gasteiger partial charge on any atom is -0.386 e. The number of nitro groups is 6. The number of hydrogen-bond donors (Lipinski definition) is 0. The predicted octanol–water partition coefficient (Wildman–Crippen LogP) is 4.78. The summed E-state index contributed by atoms with van der Waals surface area (Å²) in [5.41, 5.74) is -6.44. The lowest BCUT2D eigenvalue weighted by atomic mass is 10.2. The van der Waals surface area contributed by atoms with Crippen LogP contribution in [0, 0.1) is 60.7 Å². The molecule has 0 radical (unpaired) electrons. The number of phosphoric ester groups is 1. The van der Waals surface area contributed by atoms with E-state index in [-0.39, 0.29) is 0 Å². The highest BCUT2D eigenvalue weighted by atomic mass is 31.2. The van der Waals surface area contributed by atoms with Gasteiger partial charge in [0.2, 0.25) is 0 Å². The third-order valence-electron chi connectivity index (χ3n) is 4.67. The second-order valence-electron chi connectivity index (χ2n) is 7.22. The second kappa shape index (κ2) is 11.2. The van der Waals surface area contributed by atoms with Crippen LogP contribution >= 0.6 is 7.82 Å². The molecule has 0 aliphatic heterocycles. The maximum atomic E-state index is 13.6. The van der Waals surface area contributed by atoms with Crippen molar-refractivity contribution in [1.29, 1.82) is 0 Å². The van der Waals surface area contributed by atoms with Gasteiger partial charge in [-0.2, -0.15) is 4.57 Å². The smallest absolute Gasteiger partial charge is 0.386 e. The second-order valence-corrected chi connectivity index (χ2v) is 8.66. The van der Waals surface area contributed by atoms with Crippen LogP contribution in [0.25, 0.3) is 0 Å². The van der Waals surface area contributed by atoms with Gasteiger partial charge < -0.3 is 13.6 Å². The van der Waals surface area contributed by atoms with Gasteiger partial charge >= 0.3 is 41.9 Å². The number of benzene rings is 3. The highest BCUT2D eigenvalue weighted by Gasteiger charge is 2.38. The van der Waals surface area contributed by atoms with E-state index in [9.17, 15) is 65.3 Å². The van der Waals surface area contributed by atoms with Crippen molar-refractivity contribution in [3.8, 4) is 17.2 Å². The number of nitro benzene ring substituents is 6. The molecule has 3 aromatic rings. The fraction of sp³-hybridized carbons (Fsp3) is 0. The van der Waals surface area contributed by atoms with Crippen molar-refractivity contribution in [2.24, 2.45) is 0 Å². The predicted molar refractivity (Wildman–Crippen MR) is 129 cm³/mol. The van der Waals surface area contributed by atoms with Gasteiger partial charge in [-0.25, -0.2) is 0 Å². The molecule has 22 nitrogen and oxygen atoms in total. The lowest BCUT2D eigenvalue weighted by Crippen LogP contribution is -2.09. The molecule has 0 amide bonds. The van der Waals surface area contributed by atoms with Gasteiger partial charge in [0.15, 0.2) is 0 Å². The van der Waals surface area contributed by atoms with Gasteiger partial charge in [0.25, 0.3) is 0 Å². The van der Waals surface area contributed by atoms with Crippen molar-refractivity contribution in [2.75, 3.05) is 0 Å². The molecule has 0 atom stereocenters. The Morgan fingerprint density at radius 1 is 0.415 bits per heavy atom. The van der Waals surface area contributed by atoms with Crippen LogP contribution in [0.2, 0.25) is 0 Å². The molecule has 0 saturated heterocycles. The molecule has 0 unspecified atom stereocenters. The van der Waals surface area contributed by atoms with Crippen LogP contribution in [0.5, 0.6) is 17.2 Å². The zero-order valence-corrected chi connectivity index (χ0v) is 20.3. The quantitative estimate of drug-likeness (QED) is 0.154. The van der Waals surface area contributed by atoms with Crippen LogP contribution in [-0.2, 0) is 4.57 Å². The summed E-state index contributed by atoms with van der Waals surface area (Å²) in [5, 5.41) is 67.1. The van der Waals surface area contributed by atoms with Gasteiger partial charge in [0.05, 0.1) is 47.7 Å². The molecule has 0 heterocycles. The number of hydrogen-bond acceptors (Lipinski definition) is 16. The topological polar surface area (TPSA) is 304 Å². The van der Waals surface area contributed by atoms with Gasteiger partial charge in [0.1, 0.15) is 17.2 Å². The van der Waals surface area contributed by atoms with Gasteiger partial charge in [0, 0.05) is 18.2 Å². The van der Waals surface area contributed by atoms with E-state index >= 15 is 0 Å². The summed E-state index contributed by atoms with van der Waals surface area (Å²) in [4.78, 5) is 60.2. The van der Waals surface area contributed by atoms with Crippen molar-refractivity contribution >= 4 is 41.9 Å². The minimum absolute atomic E-state index is 0.439. The Labute approximate surface area is 222 Å². The summed E-state index contributed by atoms with van der Waals surface area (Å²) >= 11 is 0. The van der Waals surface area contributed by atoms with Gasteiger partial charge in [-0.3, -0.25) is 60.7 Å². The van der Waals surface area contributed by atoms with Crippen molar-refractivity contribution in [3.05, 3.63) is 115 Å². The molecule has 0 aromatic heterocycles. The highest BCUT2D eigenvalue weighted by molar-refractivity contribution is 7.49. The van der Waals surface area contributed by atoms with Crippen LogP contribution in [0.3, 0.4) is 0 Å². The third-order valence-corrected chi connectivity index (χ3v) is 5.98. The first-order chi connectivity index (χ1) is 19.1. The molecule has 0 aliphatic carbocycles. The molecule has 0 aliphatic rings. The molecule has 23 heteroatoms. The average molecular weight is 596 g/mol. The normalized spacial score (nSPS) is 10.7. The molecule has 0 saturated carbocycles. The summed E-state index contributed by atoms with van der Waals surface area (Å²) in [6.07, 6.45) is 0. The average Bonchev–Trinajstić information content (AvgIpc) is 2.87. The fourth-order valence-corrected chi connectivity index (χ4v) is 4.25. The molecule has 0 fully saturated rings. The summed E-state index contributed by atoms with van der Waals surface area (Å²) < 4.78 is 28.8. The minimum atomic E-state index is -5.33. The molecule has 212 valence electrons. The van der Waals surface area contributed by atoms with Gasteiger partial charge in [-0.05, 0) is 18.2 Å². The third kappa shape index (κ3) is 6.58. The summed E-state index contributed by atoms with van der Waals surface area (Å²) in [5.74, 6) is -2.30. The Hall–Kier alpha value is -6.31. The zero-order valence-electron chi connectivity index (χ0n) is 19.4. The Kier molecular flexibility index (Phi) is 7.99. The Bertz CT molecular complexity index is 1500. The van der Waals surface area contributed by atoms with Crippen LogP contribution in [-0.4, -0.2) is 29.5 Å². The highest BCUT2D eigenvalue weighted by Crippen LogP contribution is 2.52. The summed E-state index contributed by atoms with van der Waals surface area (Å²) in [7, 11) is -5.33. The van der Waals surface area contributed by atoms with E-state index in [4.69, 9.17) is 13.6 Å². The first-order valence-corrected chi connectivity index (χ1v) is 11.5. The molecular formula is C18H9N6O16P. The largest absolute Gasteiger partial charge is 0.647 e. The lowest BCUT2D eigenvalue weighted by Gasteiger charge is -2.19. The first kappa shape index (κ1) is 29.2. The zero-order chi connectivity index (χ0) is 30.6. The van der Waals surface area contributed by atoms with E-state index in [2.05, 4.69) is 0 Å². The first-order valence-electron chi connectivity index (χ1n) is 10.1. The Morgan fingerprint density at radius 3 is 0.829 bits per heavy atom. The van der Waals surface area contributed by atoms with Crippen molar-refractivity contribution in [2.45, 2.75) is 0 Å². The van der Waals surface area contributed by atoms with Crippen molar-refractivity contribution < 1.29 is 47.7 Å². The van der Waals surface area contributed by atoms with E-state index in [0.717, 1.165) is 18.2 Å². The molecule has 0 spiro atoms. The monoisotopic (exact) mass is 596 g/mol. The van der Waals surface area contributed by atoms with Crippen LogP contribution in [0.4, 0.5) is 34.1 Å². The van der Waals surface area contributed by atoms with Crippen LogP contribution in [0.1, 0.15) is 0 Å². The van der Waals surface area contributed by atoms with Crippen molar-refractivity contribution in [3.63, 3.8) is 0 Å².